The number of aromatic amines is 1. The van der Waals surface area contributed by atoms with Gasteiger partial charge >= 0.3 is 13.4 Å². The average molecular weight is 887 g/mol. The van der Waals surface area contributed by atoms with E-state index in [0.717, 1.165) is 0 Å². The van der Waals surface area contributed by atoms with Crippen LogP contribution in [0.15, 0.2) is 29.7 Å². The molecular weight excluding hydrogens is 839 g/mol. The van der Waals surface area contributed by atoms with Gasteiger partial charge in [-0.3, -0.25) is 29.0 Å². The zero-order chi connectivity index (χ0) is 41.3. The fraction of sp³-hybridized carbons (Fsp3) is 0.667. The molecule has 1 aliphatic carbocycles. The van der Waals surface area contributed by atoms with Gasteiger partial charge in [-0.15, -0.1) is 0 Å². The zero-order valence-electron chi connectivity index (χ0n) is 32.6. The van der Waals surface area contributed by atoms with Gasteiger partial charge in [0.2, 0.25) is 17.7 Å². The van der Waals surface area contributed by atoms with E-state index in [9.17, 15) is 19.7 Å². The third kappa shape index (κ3) is 10.4. The van der Waals surface area contributed by atoms with Crippen LogP contribution in [0.25, 0.3) is 11.2 Å². The fourth-order valence-electron chi connectivity index (χ4n) is 6.23. The van der Waals surface area contributed by atoms with Crippen molar-refractivity contribution in [2.45, 2.75) is 109 Å². The highest BCUT2D eigenvalue weighted by molar-refractivity contribution is 8.07. The van der Waals surface area contributed by atoms with E-state index in [0.29, 0.717) is 18.7 Å². The Hall–Kier alpha value is -2.61. The number of hydrogen-bond acceptors (Lipinski definition) is 17. The number of nitrogens with zero attached hydrogens (tertiary/aromatic N) is 6. The van der Waals surface area contributed by atoms with Crippen molar-refractivity contribution >= 4 is 68.4 Å². The van der Waals surface area contributed by atoms with Crippen molar-refractivity contribution in [3.8, 4) is 11.9 Å². The van der Waals surface area contributed by atoms with E-state index in [1.165, 1.54) is 17.2 Å². The molecule has 5 heterocycles. The Bertz CT molecular complexity index is 2120. The number of nitriles is 1. The number of aromatic nitrogens is 6. The second-order valence-electron chi connectivity index (χ2n) is 15.8. The first-order valence-corrected chi connectivity index (χ1v) is 26.5. The van der Waals surface area contributed by atoms with E-state index in [-0.39, 0.29) is 54.3 Å². The van der Waals surface area contributed by atoms with Crippen LogP contribution in [0.2, 0.25) is 18.1 Å². The van der Waals surface area contributed by atoms with Crippen LogP contribution >= 0.6 is 13.4 Å². The maximum atomic E-state index is 13.2. The lowest BCUT2D eigenvalue weighted by Crippen LogP contribution is -2.50. The van der Waals surface area contributed by atoms with Gasteiger partial charge in [-0.2, -0.15) is 10.2 Å². The monoisotopic (exact) mass is 886 g/mol. The average Bonchev–Trinajstić information content (AvgIpc) is 3.81. The minimum atomic E-state index is -3.95. The minimum absolute atomic E-state index is 0.00271. The molecule has 312 valence electrons. The van der Waals surface area contributed by atoms with Crippen molar-refractivity contribution in [2.75, 3.05) is 25.1 Å². The molecule has 0 radical (unpaired) electrons. The molecule has 2 bridgehead atoms. The van der Waals surface area contributed by atoms with E-state index in [2.05, 4.69) is 70.2 Å². The molecule has 19 nitrogen and oxygen atoms in total. The van der Waals surface area contributed by atoms with Crippen LogP contribution in [0.3, 0.4) is 0 Å². The Kier molecular flexibility index (Phi) is 13.5. The van der Waals surface area contributed by atoms with E-state index in [1.54, 1.807) is 26.1 Å². The second-order valence-corrected chi connectivity index (χ2v) is 26.3. The fourth-order valence-corrected chi connectivity index (χ4v) is 11.2. The van der Waals surface area contributed by atoms with E-state index >= 15 is 0 Å². The maximum absolute atomic E-state index is 13.2. The summed E-state index contributed by atoms with van der Waals surface area (Å²) in [7, 11) is -2.66. The summed E-state index contributed by atoms with van der Waals surface area (Å²) >= 11 is 11.7. The molecule has 3 aromatic heterocycles. The molecule has 6 rings (SSSR count). The van der Waals surface area contributed by atoms with Crippen molar-refractivity contribution in [1.82, 2.24) is 29.5 Å². The Balaban J connectivity index is 1.42. The van der Waals surface area contributed by atoms with E-state index in [1.807, 2.05) is 0 Å². The molecule has 1 amide bonds. The number of H-pyrrole nitrogens is 1. The van der Waals surface area contributed by atoms with Crippen LogP contribution in [0.1, 0.15) is 60.1 Å². The highest BCUT2D eigenvalue weighted by Crippen LogP contribution is 2.58. The van der Waals surface area contributed by atoms with E-state index < -0.39 is 75.9 Å². The third-order valence-corrected chi connectivity index (χ3v) is 18.7. The van der Waals surface area contributed by atoms with Crippen LogP contribution in [0.5, 0.6) is 5.88 Å². The third-order valence-electron chi connectivity index (χ3n) is 10.3. The predicted octanol–water partition coefficient (Wildman–Crippen LogP) is 4.84. The van der Waals surface area contributed by atoms with Crippen LogP contribution in [-0.2, 0) is 60.2 Å². The number of ether oxygens (including phenoxy) is 2. The Morgan fingerprint density at radius 1 is 1.19 bits per heavy atom. The molecule has 9 atom stereocenters. The molecule has 1 unspecified atom stereocenters. The van der Waals surface area contributed by atoms with Gasteiger partial charge < -0.3 is 36.9 Å². The SMILES string of the molecule is CC(C)C(=O)Nc1nc2c(ncn2[C@@H]2O[C@@H]3COP(O)(=S)O[C@H]4C[C@H](Oc5ccncn5)C[C@@H]4CO[P@@](=S)(OCCC#N)O[C@@H]2[C@@H]3O[Si](C)(C)C(C)(C)C)c(=O)[nH]1. The first kappa shape index (κ1) is 44.0. The highest BCUT2D eigenvalue weighted by atomic mass is 32.5. The topological polar surface area (TPSA) is 236 Å². The normalized spacial score (nSPS) is 31.2. The second kappa shape index (κ2) is 17.5. The molecule has 2 aliphatic heterocycles. The molecule has 3 aliphatic rings. The minimum Gasteiger partial charge on any atom is -0.474 e. The van der Waals surface area contributed by atoms with Gasteiger partial charge in [0.05, 0.1) is 44.7 Å². The first-order valence-electron chi connectivity index (χ1n) is 18.4. The zero-order valence-corrected chi connectivity index (χ0v) is 37.0. The lowest BCUT2D eigenvalue weighted by atomic mass is 10.1. The number of amides is 1. The summed E-state index contributed by atoms with van der Waals surface area (Å²) in [5, 5.41) is 11.7. The van der Waals surface area contributed by atoms with Crippen molar-refractivity contribution in [1.29, 1.82) is 5.26 Å². The number of fused-ring (bicyclic) bond motifs is 4. The summed E-state index contributed by atoms with van der Waals surface area (Å²) in [5.41, 5.74) is -0.588. The summed E-state index contributed by atoms with van der Waals surface area (Å²) in [5.74, 6) is -0.918. The number of nitrogens with one attached hydrogen (secondary N) is 2. The van der Waals surface area contributed by atoms with Gasteiger partial charge in [-0.1, -0.05) is 34.6 Å². The van der Waals surface area contributed by atoms with Gasteiger partial charge in [0.25, 0.3) is 5.56 Å². The van der Waals surface area contributed by atoms with Crippen LogP contribution in [0, 0.1) is 23.2 Å². The number of hydrogen-bond donors (Lipinski definition) is 3. The summed E-state index contributed by atoms with van der Waals surface area (Å²) in [4.78, 5) is 56.9. The van der Waals surface area contributed by atoms with Crippen LogP contribution in [-0.4, -0.2) is 98.9 Å². The Labute approximate surface area is 341 Å². The molecule has 2 saturated heterocycles. The van der Waals surface area contributed by atoms with Gasteiger partial charge in [0, 0.05) is 30.5 Å². The van der Waals surface area contributed by atoms with Crippen molar-refractivity contribution in [2.24, 2.45) is 11.8 Å². The first-order chi connectivity index (χ1) is 26.8. The largest absolute Gasteiger partial charge is 0.474 e. The molecule has 0 aromatic carbocycles. The molecule has 3 fully saturated rings. The summed E-state index contributed by atoms with van der Waals surface area (Å²) < 4.78 is 52.9. The van der Waals surface area contributed by atoms with Crippen LogP contribution in [0.4, 0.5) is 5.95 Å². The maximum Gasteiger partial charge on any atom is 0.327 e. The van der Waals surface area contributed by atoms with Gasteiger partial charge in [-0.05, 0) is 48.2 Å². The summed E-state index contributed by atoms with van der Waals surface area (Å²) in [6.07, 6.45) is -0.241. The molecule has 24 heteroatoms. The Morgan fingerprint density at radius 2 is 1.96 bits per heavy atom. The molecule has 3 N–H and O–H groups in total. The smallest absolute Gasteiger partial charge is 0.327 e. The quantitative estimate of drug-likeness (QED) is 0.140. The summed E-state index contributed by atoms with van der Waals surface area (Å²) in [6.45, 7) is 5.53. The number of imidazole rings is 1. The lowest BCUT2D eigenvalue weighted by Gasteiger charge is -2.41. The van der Waals surface area contributed by atoms with Gasteiger partial charge in [0.15, 0.2) is 25.7 Å². The molecule has 1 saturated carbocycles. The number of rotatable bonds is 10. The van der Waals surface area contributed by atoms with Crippen molar-refractivity contribution < 1.29 is 46.2 Å². The molecule has 0 spiro atoms. The lowest BCUT2D eigenvalue weighted by molar-refractivity contribution is -0.118. The van der Waals surface area contributed by atoms with Gasteiger partial charge in [-0.25, -0.2) is 15.0 Å². The van der Waals surface area contributed by atoms with Crippen molar-refractivity contribution in [3.05, 3.63) is 35.3 Å². The molecular formula is C33H48N8O11P2S2Si. The summed E-state index contributed by atoms with van der Waals surface area (Å²) in [6, 6.07) is 3.69. The van der Waals surface area contributed by atoms with Gasteiger partial charge in [0.1, 0.15) is 30.7 Å². The number of carbonyl (C=O) groups excluding carboxylic acids is 1. The number of carbonyl (C=O) groups is 1. The predicted molar refractivity (Wildman–Crippen MR) is 215 cm³/mol. The molecule has 57 heavy (non-hydrogen) atoms. The van der Waals surface area contributed by atoms with Crippen molar-refractivity contribution in [3.63, 3.8) is 0 Å². The Morgan fingerprint density at radius 3 is 2.65 bits per heavy atom. The standard InChI is InChI=1S/C33H48N8O11P2S2Si/c1-19(2)29(42)39-32-38-28-25(30(43)40-32)37-18-41(28)31-27-26(52-57(6,7)33(3,4)5)23(49-31)16-46-53(44,55)50-22-14-21(48-24-9-11-35-17-36-24)13-20(22)15-47-54(56,51-27)45-12-8-10-34/h9,11,17-23,26-27,31H,8,12-16H2,1-7H3,(H,44,55)(H2,38,39,40,42,43)/t20-,21-,22+,23-,26-,27-,31-,53?,54+/m1/s1. The number of anilines is 1. The van der Waals surface area contributed by atoms with E-state index in [4.69, 9.17) is 60.1 Å². The van der Waals surface area contributed by atoms with Crippen LogP contribution < -0.4 is 15.6 Å². The highest BCUT2D eigenvalue weighted by Gasteiger charge is 2.55. The molecule has 3 aromatic rings.